The fourth-order valence-electron chi connectivity index (χ4n) is 1.52. The molecule has 6 nitrogen and oxygen atoms in total. The van der Waals surface area contributed by atoms with Gasteiger partial charge in [-0.1, -0.05) is 0 Å². The molecular weight excluding hydrogens is 238 g/mol. The maximum Gasteiger partial charge on any atom is 0.307 e. The summed E-state index contributed by atoms with van der Waals surface area (Å²) in [7, 11) is 5.70. The first kappa shape index (κ1) is 16.9. The molecule has 0 aromatic carbocycles. The van der Waals surface area contributed by atoms with E-state index >= 15 is 0 Å². The van der Waals surface area contributed by atoms with Gasteiger partial charge in [0.2, 0.25) is 0 Å². The summed E-state index contributed by atoms with van der Waals surface area (Å²) >= 11 is 0. The Bertz CT molecular complexity index is 283. The Morgan fingerprint density at radius 2 is 1.83 bits per heavy atom. The van der Waals surface area contributed by atoms with Crippen molar-refractivity contribution in [2.75, 3.05) is 27.7 Å². The minimum atomic E-state index is -0.989. The molecule has 0 saturated heterocycles. The normalized spacial score (nSPS) is 14.9. The van der Waals surface area contributed by atoms with Crippen LogP contribution < -0.4 is 0 Å². The minimum absolute atomic E-state index is 0.102. The summed E-state index contributed by atoms with van der Waals surface area (Å²) in [6.07, 6.45) is -0.970. The van der Waals surface area contributed by atoms with E-state index in [0.717, 1.165) is 0 Å². The largest absolute Gasteiger partial charge is 0.481 e. The van der Waals surface area contributed by atoms with E-state index in [4.69, 9.17) is 14.9 Å². The fourth-order valence-corrected chi connectivity index (χ4v) is 1.52. The van der Waals surface area contributed by atoms with E-state index in [1.54, 1.807) is 6.92 Å². The molecule has 0 aliphatic heterocycles. The molecule has 0 aromatic rings. The zero-order valence-electron chi connectivity index (χ0n) is 11.5. The number of quaternary nitrogens is 1. The molecule has 0 aliphatic carbocycles. The quantitative estimate of drug-likeness (QED) is 0.483. The summed E-state index contributed by atoms with van der Waals surface area (Å²) in [6, 6.07) is 0. The van der Waals surface area contributed by atoms with E-state index in [1.165, 1.54) is 0 Å². The van der Waals surface area contributed by atoms with Crippen molar-refractivity contribution in [1.29, 1.82) is 0 Å². The number of hydrogen-bond donors (Lipinski definition) is 2. The topological polar surface area (TPSA) is 83.8 Å². The highest BCUT2D eigenvalue weighted by atomic mass is 16.5. The molecule has 0 radical (unpaired) electrons. The highest BCUT2D eigenvalue weighted by Crippen LogP contribution is 2.08. The van der Waals surface area contributed by atoms with Gasteiger partial charge in [0.15, 0.2) is 6.10 Å². The first-order valence-electron chi connectivity index (χ1n) is 6.00. The second kappa shape index (κ2) is 7.33. The number of rotatable bonds is 8. The summed E-state index contributed by atoms with van der Waals surface area (Å²) < 4.78 is 5.66. The van der Waals surface area contributed by atoms with Crippen LogP contribution in [0.15, 0.2) is 0 Å². The Labute approximate surface area is 108 Å². The van der Waals surface area contributed by atoms with Crippen LogP contribution in [-0.4, -0.2) is 66.5 Å². The first-order valence-corrected chi connectivity index (χ1v) is 6.00. The van der Waals surface area contributed by atoms with Gasteiger partial charge < -0.3 is 19.4 Å². The van der Waals surface area contributed by atoms with E-state index in [-0.39, 0.29) is 12.8 Å². The summed E-state index contributed by atoms with van der Waals surface area (Å²) in [4.78, 5) is 22.2. The van der Waals surface area contributed by atoms with Crippen LogP contribution in [0.5, 0.6) is 0 Å². The molecule has 6 heteroatoms. The molecule has 0 bridgehead atoms. The maximum absolute atomic E-state index is 11.5. The smallest absolute Gasteiger partial charge is 0.307 e. The number of aliphatic hydroxyl groups excluding tert-OH is 1. The Morgan fingerprint density at radius 3 is 2.22 bits per heavy atom. The fraction of sp³-hybridized carbons (Fsp3) is 0.833. The van der Waals surface area contributed by atoms with E-state index in [2.05, 4.69) is 0 Å². The van der Waals surface area contributed by atoms with Gasteiger partial charge in [-0.15, -0.1) is 0 Å². The van der Waals surface area contributed by atoms with E-state index in [1.807, 2.05) is 21.1 Å². The highest BCUT2D eigenvalue weighted by Gasteiger charge is 2.24. The van der Waals surface area contributed by atoms with Gasteiger partial charge in [-0.05, 0) is 13.3 Å². The lowest BCUT2D eigenvalue weighted by atomic mass is 10.2. The van der Waals surface area contributed by atoms with Crippen LogP contribution in [0.2, 0.25) is 0 Å². The monoisotopic (exact) mass is 262 g/mol. The number of hydrogen-bond acceptors (Lipinski definition) is 4. The van der Waals surface area contributed by atoms with Crippen molar-refractivity contribution in [3.05, 3.63) is 0 Å². The van der Waals surface area contributed by atoms with Crippen LogP contribution in [0.3, 0.4) is 0 Å². The average molecular weight is 262 g/mol. The van der Waals surface area contributed by atoms with Crippen LogP contribution in [-0.2, 0) is 14.3 Å². The second-order valence-electron chi connectivity index (χ2n) is 5.57. The first-order chi connectivity index (χ1) is 8.10. The van der Waals surface area contributed by atoms with Gasteiger partial charge in [0.05, 0.1) is 33.7 Å². The minimum Gasteiger partial charge on any atom is -0.481 e. The Kier molecular flexibility index (Phi) is 6.86. The second-order valence-corrected chi connectivity index (χ2v) is 5.57. The van der Waals surface area contributed by atoms with Crippen molar-refractivity contribution >= 4 is 11.9 Å². The van der Waals surface area contributed by atoms with E-state index < -0.39 is 24.1 Å². The van der Waals surface area contributed by atoms with Gasteiger partial charge in [0.25, 0.3) is 0 Å². The molecule has 2 unspecified atom stereocenters. The average Bonchev–Trinajstić information content (AvgIpc) is 2.10. The van der Waals surface area contributed by atoms with Crippen molar-refractivity contribution in [2.24, 2.45) is 0 Å². The molecule has 18 heavy (non-hydrogen) atoms. The molecular formula is C12H24NO5+. The maximum atomic E-state index is 11.5. The third-order valence-corrected chi connectivity index (χ3v) is 2.22. The van der Waals surface area contributed by atoms with Gasteiger partial charge in [0.1, 0.15) is 6.54 Å². The van der Waals surface area contributed by atoms with Gasteiger partial charge in [0, 0.05) is 6.42 Å². The van der Waals surface area contributed by atoms with Crippen LogP contribution in [0, 0.1) is 0 Å². The lowest BCUT2D eigenvalue weighted by Gasteiger charge is -2.28. The lowest BCUT2D eigenvalue weighted by molar-refractivity contribution is -0.873. The molecule has 2 atom stereocenters. The number of likely N-dealkylation sites (N-methyl/N-ethyl adjacent to an activating group) is 1. The number of carbonyl (C=O) groups is 2. The third kappa shape index (κ3) is 10.0. The lowest BCUT2D eigenvalue weighted by Crippen LogP contribution is -2.43. The standard InChI is InChI=1S/C12H23NO5/c1-9(14)5-6-12(17)18-10(7-11(15)16)8-13(2,3)4/h9-10,14H,5-8H2,1-4H3/p+1. The van der Waals surface area contributed by atoms with Crippen LogP contribution in [0.25, 0.3) is 0 Å². The van der Waals surface area contributed by atoms with E-state index in [0.29, 0.717) is 17.4 Å². The Morgan fingerprint density at radius 1 is 1.28 bits per heavy atom. The Balaban J connectivity index is 4.31. The van der Waals surface area contributed by atoms with Crippen molar-refractivity contribution in [2.45, 2.75) is 38.4 Å². The number of carboxylic acid groups (broad SMARTS) is 1. The van der Waals surface area contributed by atoms with Gasteiger partial charge in [-0.2, -0.15) is 0 Å². The molecule has 0 fully saturated rings. The van der Waals surface area contributed by atoms with Crippen molar-refractivity contribution < 1.29 is 29.0 Å². The Hall–Kier alpha value is -1.14. The molecule has 0 heterocycles. The molecule has 2 N–H and O–H groups in total. The summed E-state index contributed by atoms with van der Waals surface area (Å²) in [5.41, 5.74) is 0. The number of esters is 1. The third-order valence-electron chi connectivity index (χ3n) is 2.22. The number of aliphatic carboxylic acids is 1. The predicted octanol–water partition coefficient (Wildman–Crippen LogP) is 0.240. The SMILES string of the molecule is CC(O)CCC(=O)OC(CC(=O)O)C[N+](C)(C)C. The van der Waals surface area contributed by atoms with Gasteiger partial charge in [-0.3, -0.25) is 9.59 Å². The number of carboxylic acids is 1. The molecule has 0 aliphatic rings. The zero-order valence-corrected chi connectivity index (χ0v) is 11.5. The number of ether oxygens (including phenoxy) is 1. The molecule has 0 aromatic heterocycles. The number of nitrogens with zero attached hydrogens (tertiary/aromatic N) is 1. The van der Waals surface area contributed by atoms with Crippen LogP contribution in [0.1, 0.15) is 26.2 Å². The predicted molar refractivity (Wildman–Crippen MR) is 65.9 cm³/mol. The van der Waals surface area contributed by atoms with Crippen LogP contribution >= 0.6 is 0 Å². The molecule has 0 rings (SSSR count). The summed E-state index contributed by atoms with van der Waals surface area (Å²) in [5.74, 6) is -1.45. The summed E-state index contributed by atoms with van der Waals surface area (Å²) in [6.45, 7) is 2.03. The molecule has 0 saturated carbocycles. The van der Waals surface area contributed by atoms with Gasteiger partial charge >= 0.3 is 11.9 Å². The van der Waals surface area contributed by atoms with Gasteiger partial charge in [-0.25, -0.2) is 0 Å². The molecule has 0 amide bonds. The van der Waals surface area contributed by atoms with Crippen molar-refractivity contribution in [1.82, 2.24) is 0 Å². The molecule has 106 valence electrons. The summed E-state index contributed by atoms with van der Waals surface area (Å²) in [5, 5.41) is 17.8. The number of carbonyl (C=O) groups excluding carboxylic acids is 1. The molecule has 0 spiro atoms. The van der Waals surface area contributed by atoms with E-state index in [9.17, 15) is 9.59 Å². The van der Waals surface area contributed by atoms with Crippen molar-refractivity contribution in [3.8, 4) is 0 Å². The zero-order chi connectivity index (χ0) is 14.3. The van der Waals surface area contributed by atoms with Crippen molar-refractivity contribution in [3.63, 3.8) is 0 Å². The number of aliphatic hydroxyl groups is 1. The van der Waals surface area contributed by atoms with Crippen LogP contribution in [0.4, 0.5) is 0 Å². The highest BCUT2D eigenvalue weighted by molar-refractivity contribution is 5.71.